The lowest BCUT2D eigenvalue weighted by Gasteiger charge is -2.20. The molecule has 0 atom stereocenters. The number of nitrogens with zero attached hydrogens (tertiary/aromatic N) is 1. The van der Waals surface area contributed by atoms with Gasteiger partial charge in [0.1, 0.15) is 5.67 Å². The molecule has 0 unspecified atom stereocenters. The van der Waals surface area contributed by atoms with Crippen molar-refractivity contribution in [2.75, 3.05) is 0 Å². The van der Waals surface area contributed by atoms with Gasteiger partial charge in [0.05, 0.1) is 5.69 Å². The predicted octanol–water partition coefficient (Wildman–Crippen LogP) is 7.85. The Balaban J connectivity index is 0.000000791. The molecule has 3 heteroatoms. The molecule has 0 radical (unpaired) electrons. The van der Waals surface area contributed by atoms with Gasteiger partial charge in [0.2, 0.25) is 0 Å². The Morgan fingerprint density at radius 2 is 1.57 bits per heavy atom. The van der Waals surface area contributed by atoms with Gasteiger partial charge in [0.15, 0.2) is 0 Å². The van der Waals surface area contributed by atoms with Gasteiger partial charge in [0, 0.05) is 5.70 Å². The van der Waals surface area contributed by atoms with Crippen LogP contribution in [0.15, 0.2) is 59.7 Å². The Kier molecular flexibility index (Phi) is 12.6. The van der Waals surface area contributed by atoms with E-state index in [2.05, 4.69) is 63.3 Å². The number of rotatable bonds is 6. The van der Waals surface area contributed by atoms with Crippen LogP contribution in [0.4, 0.5) is 10.1 Å². The first kappa shape index (κ1) is 27.6. The molecule has 30 heavy (non-hydrogen) atoms. The second kappa shape index (κ2) is 13.7. The van der Waals surface area contributed by atoms with Crippen LogP contribution in [0.2, 0.25) is 0 Å². The molecule has 2 N–H and O–H groups in total. The standard InChI is InChI=1S/C19H22FN.C5H11N.C3H8/c1-14-5-7-15(8-6-14)9-10-16-11-12-17(21-4)13-18(16)19(2,3)20;1-4(2)5(3)6;1-3-2/h5-8,11-13H,4,9-10H2,1-3H3;4H,3,6H2,1-2H3;3H2,1-2H3. The lowest BCUT2D eigenvalue weighted by Crippen LogP contribution is -2.13. The van der Waals surface area contributed by atoms with Gasteiger partial charge in [-0.1, -0.05) is 76.6 Å². The molecule has 0 fully saturated rings. The number of hydrogen-bond acceptors (Lipinski definition) is 2. The molecular formula is C27H41FN2. The highest BCUT2D eigenvalue weighted by atomic mass is 19.1. The van der Waals surface area contributed by atoms with Crippen molar-refractivity contribution in [2.24, 2.45) is 16.6 Å². The summed E-state index contributed by atoms with van der Waals surface area (Å²) in [5, 5.41) is 0. The largest absolute Gasteiger partial charge is 0.402 e. The first-order chi connectivity index (χ1) is 14.0. The highest BCUT2D eigenvalue weighted by Gasteiger charge is 2.22. The average Bonchev–Trinajstić information content (AvgIpc) is 2.67. The number of aryl methyl sites for hydroxylation is 3. The summed E-state index contributed by atoms with van der Waals surface area (Å²) in [6.07, 6.45) is 2.98. The van der Waals surface area contributed by atoms with E-state index in [9.17, 15) is 4.39 Å². The minimum Gasteiger partial charge on any atom is -0.402 e. The van der Waals surface area contributed by atoms with Crippen LogP contribution in [0.3, 0.4) is 0 Å². The molecule has 2 rings (SSSR count). The summed E-state index contributed by atoms with van der Waals surface area (Å²) in [7, 11) is 0. The summed E-state index contributed by atoms with van der Waals surface area (Å²) in [5.41, 5.74) is 9.62. The van der Waals surface area contributed by atoms with Gasteiger partial charge in [-0.15, -0.1) is 0 Å². The fourth-order valence-electron chi connectivity index (χ4n) is 2.47. The van der Waals surface area contributed by atoms with Crippen molar-refractivity contribution in [1.82, 2.24) is 0 Å². The molecule has 0 saturated carbocycles. The minimum atomic E-state index is -1.37. The maximum Gasteiger partial charge on any atom is 0.130 e. The summed E-state index contributed by atoms with van der Waals surface area (Å²) >= 11 is 0. The SMILES string of the molecule is C=C(N)C(C)C.C=Nc1ccc(CCc2ccc(C)cc2)c(C(C)(C)F)c1.CCC. The third-order valence-corrected chi connectivity index (χ3v) is 4.46. The van der Waals surface area contributed by atoms with Crippen LogP contribution in [0, 0.1) is 12.8 Å². The molecule has 0 aliphatic carbocycles. The molecule has 0 heterocycles. The highest BCUT2D eigenvalue weighted by molar-refractivity contribution is 5.50. The zero-order valence-corrected chi connectivity index (χ0v) is 20.1. The number of allylic oxidation sites excluding steroid dienone is 1. The van der Waals surface area contributed by atoms with Crippen LogP contribution in [0.5, 0.6) is 0 Å². The van der Waals surface area contributed by atoms with E-state index in [1.165, 1.54) is 17.5 Å². The zero-order chi connectivity index (χ0) is 23.3. The maximum absolute atomic E-state index is 14.4. The first-order valence-corrected chi connectivity index (χ1v) is 10.7. The number of alkyl halides is 1. The van der Waals surface area contributed by atoms with E-state index in [-0.39, 0.29) is 0 Å². The van der Waals surface area contributed by atoms with Gasteiger partial charge in [-0.2, -0.15) is 0 Å². The van der Waals surface area contributed by atoms with Gasteiger partial charge in [0.25, 0.3) is 0 Å². The summed E-state index contributed by atoms with van der Waals surface area (Å²) in [6, 6.07) is 14.2. The van der Waals surface area contributed by atoms with Gasteiger partial charge < -0.3 is 5.73 Å². The van der Waals surface area contributed by atoms with E-state index in [4.69, 9.17) is 5.73 Å². The lowest BCUT2D eigenvalue weighted by molar-refractivity contribution is 0.220. The third-order valence-electron chi connectivity index (χ3n) is 4.46. The predicted molar refractivity (Wildman–Crippen MR) is 133 cm³/mol. The molecular weight excluding hydrogens is 371 g/mol. The van der Waals surface area contributed by atoms with E-state index in [1.807, 2.05) is 26.0 Å². The molecule has 0 bridgehead atoms. The van der Waals surface area contributed by atoms with Crippen LogP contribution in [0.25, 0.3) is 0 Å². The average molecular weight is 413 g/mol. The van der Waals surface area contributed by atoms with Crippen molar-refractivity contribution < 1.29 is 4.39 Å². The summed E-state index contributed by atoms with van der Waals surface area (Å²) < 4.78 is 14.4. The molecule has 166 valence electrons. The molecule has 2 nitrogen and oxygen atoms in total. The van der Waals surface area contributed by atoms with Crippen LogP contribution in [-0.2, 0) is 18.5 Å². The van der Waals surface area contributed by atoms with Crippen molar-refractivity contribution in [3.63, 3.8) is 0 Å². The Morgan fingerprint density at radius 1 is 1.07 bits per heavy atom. The zero-order valence-electron chi connectivity index (χ0n) is 20.1. The molecule has 0 aliphatic heterocycles. The fourth-order valence-corrected chi connectivity index (χ4v) is 2.47. The number of hydrogen-bond donors (Lipinski definition) is 1. The van der Waals surface area contributed by atoms with Crippen LogP contribution in [-0.4, -0.2) is 6.72 Å². The van der Waals surface area contributed by atoms with Crippen molar-refractivity contribution in [2.45, 2.75) is 73.4 Å². The second-order valence-electron chi connectivity index (χ2n) is 8.39. The van der Waals surface area contributed by atoms with Crippen LogP contribution < -0.4 is 5.73 Å². The summed E-state index contributed by atoms with van der Waals surface area (Å²) in [4.78, 5) is 3.90. The smallest absolute Gasteiger partial charge is 0.130 e. The molecule has 0 amide bonds. The van der Waals surface area contributed by atoms with E-state index < -0.39 is 5.67 Å². The molecule has 2 aromatic rings. The topological polar surface area (TPSA) is 38.4 Å². The molecule has 0 aliphatic rings. The van der Waals surface area contributed by atoms with Crippen molar-refractivity contribution in [3.8, 4) is 0 Å². The van der Waals surface area contributed by atoms with Gasteiger partial charge >= 0.3 is 0 Å². The van der Waals surface area contributed by atoms with Crippen molar-refractivity contribution >= 4 is 12.4 Å². The van der Waals surface area contributed by atoms with Gasteiger partial charge in [-0.3, -0.25) is 4.99 Å². The van der Waals surface area contributed by atoms with E-state index in [0.717, 1.165) is 29.8 Å². The maximum atomic E-state index is 14.4. The monoisotopic (exact) mass is 412 g/mol. The molecule has 2 aromatic carbocycles. The number of nitrogens with two attached hydrogens (primary N) is 1. The first-order valence-electron chi connectivity index (χ1n) is 10.7. The Bertz CT molecular complexity index is 768. The fraction of sp³-hybridized carbons (Fsp3) is 0.444. The van der Waals surface area contributed by atoms with Gasteiger partial charge in [-0.05, 0) is 75.1 Å². The van der Waals surface area contributed by atoms with E-state index in [1.54, 1.807) is 19.9 Å². The van der Waals surface area contributed by atoms with Crippen LogP contribution in [0.1, 0.15) is 70.2 Å². The molecule has 0 spiro atoms. The quantitative estimate of drug-likeness (QED) is 0.482. The Labute approximate surface area is 184 Å². The second-order valence-corrected chi connectivity index (χ2v) is 8.39. The summed E-state index contributed by atoms with van der Waals surface area (Å²) in [6.45, 7) is 20.6. The number of benzene rings is 2. The highest BCUT2D eigenvalue weighted by Crippen LogP contribution is 2.31. The van der Waals surface area contributed by atoms with Gasteiger partial charge in [-0.25, -0.2) is 4.39 Å². The van der Waals surface area contributed by atoms with E-state index >= 15 is 0 Å². The number of halogens is 1. The number of aliphatic imine (C=N–C) groups is 1. The van der Waals surface area contributed by atoms with Crippen molar-refractivity contribution in [1.29, 1.82) is 0 Å². The van der Waals surface area contributed by atoms with Crippen molar-refractivity contribution in [3.05, 3.63) is 77.0 Å². The third kappa shape index (κ3) is 10.9. The lowest BCUT2D eigenvalue weighted by atomic mass is 9.91. The molecule has 0 saturated heterocycles. The minimum absolute atomic E-state index is 0.435. The van der Waals surface area contributed by atoms with Crippen LogP contribution >= 0.6 is 0 Å². The summed E-state index contributed by atoms with van der Waals surface area (Å²) in [5.74, 6) is 0.435. The molecule has 0 aromatic heterocycles. The van der Waals surface area contributed by atoms with E-state index in [0.29, 0.717) is 11.5 Å². The normalized spacial score (nSPS) is 10.4. The Morgan fingerprint density at radius 3 is 1.97 bits per heavy atom. The Hall–Kier alpha value is -2.42.